The molecule has 1 aromatic heterocycles. The van der Waals surface area contributed by atoms with Crippen molar-refractivity contribution >= 4 is 22.4 Å². The minimum atomic E-state index is -0.562. The summed E-state index contributed by atoms with van der Waals surface area (Å²) in [6.07, 6.45) is 0.528. The first-order valence-corrected chi connectivity index (χ1v) is 8.25. The number of thiazole rings is 1. The Bertz CT molecular complexity index is 655. The minimum absolute atomic E-state index is 0.0329. The Balaban J connectivity index is 1.82. The molecule has 4 nitrogen and oxygen atoms in total. The Morgan fingerprint density at radius 3 is 2.61 bits per heavy atom. The van der Waals surface area contributed by atoms with Gasteiger partial charge in [-0.15, -0.1) is 11.3 Å². The molecule has 0 aliphatic rings. The van der Waals surface area contributed by atoms with Crippen LogP contribution in [0.5, 0.6) is 0 Å². The van der Waals surface area contributed by atoms with Gasteiger partial charge >= 0.3 is 0 Å². The first-order valence-electron chi connectivity index (χ1n) is 7.37. The zero-order chi connectivity index (χ0) is 16.8. The van der Waals surface area contributed by atoms with Gasteiger partial charge in [-0.1, -0.05) is 0 Å². The van der Waals surface area contributed by atoms with Crippen LogP contribution in [0.2, 0.25) is 0 Å². The Morgan fingerprint density at radius 2 is 2.00 bits per heavy atom. The van der Waals surface area contributed by atoms with Crippen molar-refractivity contribution in [1.29, 1.82) is 0 Å². The number of hydrogen-bond donors (Lipinski definition) is 1. The summed E-state index contributed by atoms with van der Waals surface area (Å²) in [6, 6.07) is 3.53. The van der Waals surface area contributed by atoms with Crippen molar-refractivity contribution in [1.82, 2.24) is 10.3 Å². The number of anilines is 1. The highest BCUT2D eigenvalue weighted by molar-refractivity contribution is 7.14. The van der Waals surface area contributed by atoms with E-state index >= 15 is 0 Å². The Morgan fingerprint density at radius 1 is 1.30 bits per heavy atom. The van der Waals surface area contributed by atoms with Crippen LogP contribution in [-0.2, 0) is 17.8 Å². The molecule has 0 saturated heterocycles. The largest absolute Gasteiger partial charge is 0.311 e. The minimum Gasteiger partial charge on any atom is -0.311 e. The van der Waals surface area contributed by atoms with Crippen molar-refractivity contribution in [3.63, 3.8) is 0 Å². The highest BCUT2D eigenvalue weighted by atomic mass is 32.1. The summed E-state index contributed by atoms with van der Waals surface area (Å²) in [5, 5.41) is 5.77. The van der Waals surface area contributed by atoms with Gasteiger partial charge in [0.25, 0.3) is 0 Å². The molecule has 1 aromatic carbocycles. The van der Waals surface area contributed by atoms with Gasteiger partial charge in [0.15, 0.2) is 5.13 Å². The van der Waals surface area contributed by atoms with Gasteiger partial charge in [-0.2, -0.15) is 0 Å². The van der Waals surface area contributed by atoms with E-state index in [-0.39, 0.29) is 5.91 Å². The first-order chi connectivity index (χ1) is 11.0. The number of halogens is 2. The van der Waals surface area contributed by atoms with E-state index < -0.39 is 11.6 Å². The second-order valence-electron chi connectivity index (χ2n) is 5.09. The van der Waals surface area contributed by atoms with E-state index in [1.165, 1.54) is 30.4 Å². The standard InChI is InChI=1S/C16H19F2N3OS/c1-3-21(11(2)22)16-20-15(10-23-16)9-19-5-4-12-6-13(17)8-14(18)7-12/h6-8,10,19H,3-5,9H2,1-2H3. The number of amides is 1. The van der Waals surface area contributed by atoms with E-state index in [2.05, 4.69) is 10.3 Å². The lowest BCUT2D eigenvalue weighted by Crippen LogP contribution is -2.27. The van der Waals surface area contributed by atoms with Crippen LogP contribution in [0.1, 0.15) is 25.1 Å². The molecule has 0 radical (unpaired) electrons. The maximum absolute atomic E-state index is 13.1. The quantitative estimate of drug-likeness (QED) is 0.788. The third-order valence-electron chi connectivity index (χ3n) is 3.29. The van der Waals surface area contributed by atoms with Gasteiger partial charge in [-0.05, 0) is 37.6 Å². The lowest BCUT2D eigenvalue weighted by Gasteiger charge is -2.14. The molecule has 0 aliphatic heterocycles. The molecule has 7 heteroatoms. The van der Waals surface area contributed by atoms with Gasteiger partial charge in [-0.25, -0.2) is 13.8 Å². The molecular weight excluding hydrogens is 320 g/mol. The van der Waals surface area contributed by atoms with Crippen LogP contribution in [0.15, 0.2) is 23.6 Å². The maximum atomic E-state index is 13.1. The molecule has 0 fully saturated rings. The molecule has 0 atom stereocenters. The fourth-order valence-electron chi connectivity index (χ4n) is 2.20. The molecule has 1 heterocycles. The number of hydrogen-bond acceptors (Lipinski definition) is 4. The monoisotopic (exact) mass is 339 g/mol. The molecule has 0 bridgehead atoms. The number of nitrogens with one attached hydrogen (secondary N) is 1. The third-order valence-corrected chi connectivity index (χ3v) is 4.20. The maximum Gasteiger partial charge on any atom is 0.225 e. The number of benzene rings is 1. The normalized spacial score (nSPS) is 10.8. The molecule has 23 heavy (non-hydrogen) atoms. The molecule has 2 rings (SSSR count). The van der Waals surface area contributed by atoms with Crippen LogP contribution in [-0.4, -0.2) is 24.0 Å². The molecule has 2 aromatic rings. The summed E-state index contributed by atoms with van der Waals surface area (Å²) >= 11 is 1.42. The first kappa shape index (κ1) is 17.5. The third kappa shape index (κ3) is 5.07. The molecule has 0 aliphatic carbocycles. The van der Waals surface area contributed by atoms with Crippen molar-refractivity contribution in [2.45, 2.75) is 26.8 Å². The van der Waals surface area contributed by atoms with Crippen molar-refractivity contribution in [3.05, 3.63) is 46.5 Å². The predicted octanol–water partition coefficient (Wildman–Crippen LogP) is 3.13. The highest BCUT2D eigenvalue weighted by Crippen LogP contribution is 2.20. The summed E-state index contributed by atoms with van der Waals surface area (Å²) in [4.78, 5) is 17.5. The average Bonchev–Trinajstić information content (AvgIpc) is 2.91. The predicted molar refractivity (Wildman–Crippen MR) is 87.6 cm³/mol. The SMILES string of the molecule is CCN(C(C)=O)c1nc(CNCCc2cc(F)cc(F)c2)cs1. The van der Waals surface area contributed by atoms with Gasteiger partial charge in [0, 0.05) is 31.5 Å². The molecule has 0 saturated carbocycles. The number of carbonyl (C=O) groups excluding carboxylic acids is 1. The van der Waals surface area contributed by atoms with Gasteiger partial charge in [0.1, 0.15) is 11.6 Å². The summed E-state index contributed by atoms with van der Waals surface area (Å²) in [5.41, 5.74) is 1.46. The number of carbonyl (C=O) groups is 1. The fraction of sp³-hybridized carbons (Fsp3) is 0.375. The van der Waals surface area contributed by atoms with Gasteiger partial charge in [0.2, 0.25) is 5.91 Å². The highest BCUT2D eigenvalue weighted by Gasteiger charge is 2.13. The van der Waals surface area contributed by atoms with Crippen molar-refractivity contribution in [2.24, 2.45) is 0 Å². The molecule has 0 unspecified atom stereocenters. The Labute approximate surface area is 138 Å². The van der Waals surface area contributed by atoms with E-state index in [4.69, 9.17) is 0 Å². The Kier molecular flexibility index (Phi) is 6.18. The van der Waals surface area contributed by atoms with Crippen LogP contribution >= 0.6 is 11.3 Å². The zero-order valence-corrected chi connectivity index (χ0v) is 13.9. The van der Waals surface area contributed by atoms with Gasteiger partial charge < -0.3 is 5.32 Å². The van der Waals surface area contributed by atoms with Crippen molar-refractivity contribution in [3.8, 4) is 0 Å². The average molecular weight is 339 g/mol. The number of aromatic nitrogens is 1. The number of rotatable bonds is 7. The van der Waals surface area contributed by atoms with E-state index in [0.717, 1.165) is 11.8 Å². The van der Waals surface area contributed by atoms with Gasteiger partial charge in [-0.3, -0.25) is 9.69 Å². The Hall–Kier alpha value is -1.86. The summed E-state index contributed by atoms with van der Waals surface area (Å²) in [7, 11) is 0. The molecular formula is C16H19F2N3OS. The van der Waals surface area contributed by atoms with Crippen LogP contribution < -0.4 is 10.2 Å². The smallest absolute Gasteiger partial charge is 0.225 e. The lowest BCUT2D eigenvalue weighted by atomic mass is 10.1. The van der Waals surface area contributed by atoms with Crippen molar-refractivity contribution < 1.29 is 13.6 Å². The summed E-state index contributed by atoms with van der Waals surface area (Å²) in [5.74, 6) is -1.16. The zero-order valence-electron chi connectivity index (χ0n) is 13.1. The fourth-order valence-corrected chi connectivity index (χ4v) is 3.13. The molecule has 0 spiro atoms. The topological polar surface area (TPSA) is 45.2 Å². The van der Waals surface area contributed by atoms with Crippen LogP contribution in [0.3, 0.4) is 0 Å². The van der Waals surface area contributed by atoms with Crippen LogP contribution in [0.4, 0.5) is 13.9 Å². The van der Waals surface area contributed by atoms with Gasteiger partial charge in [0.05, 0.1) is 5.69 Å². The van der Waals surface area contributed by atoms with E-state index in [1.54, 1.807) is 4.90 Å². The summed E-state index contributed by atoms with van der Waals surface area (Å²) < 4.78 is 26.2. The molecule has 1 N–H and O–H groups in total. The molecule has 1 amide bonds. The number of nitrogens with zero attached hydrogens (tertiary/aromatic N) is 2. The second-order valence-corrected chi connectivity index (χ2v) is 5.93. The van der Waals surface area contributed by atoms with Crippen LogP contribution in [0.25, 0.3) is 0 Å². The summed E-state index contributed by atoms with van der Waals surface area (Å²) in [6.45, 7) is 5.13. The van der Waals surface area contributed by atoms with Crippen molar-refractivity contribution in [2.75, 3.05) is 18.0 Å². The van der Waals surface area contributed by atoms with Crippen LogP contribution in [0, 0.1) is 11.6 Å². The second kappa shape index (κ2) is 8.12. The lowest BCUT2D eigenvalue weighted by molar-refractivity contribution is -0.116. The van der Waals surface area contributed by atoms with E-state index in [1.807, 2.05) is 12.3 Å². The van der Waals surface area contributed by atoms with E-state index in [9.17, 15) is 13.6 Å². The van der Waals surface area contributed by atoms with E-state index in [0.29, 0.717) is 36.8 Å². The molecule has 124 valence electrons.